The van der Waals surface area contributed by atoms with Gasteiger partial charge in [-0.3, -0.25) is 16.3 Å². The summed E-state index contributed by atoms with van der Waals surface area (Å²) in [5.74, 6) is 5.65. The lowest BCUT2D eigenvalue weighted by Gasteiger charge is -2.46. The van der Waals surface area contributed by atoms with Crippen molar-refractivity contribution in [1.82, 2.24) is 10.4 Å². The molecule has 2 rings (SSSR count). The minimum atomic E-state index is -0.0714. The summed E-state index contributed by atoms with van der Waals surface area (Å²) in [7, 11) is 1.77. The van der Waals surface area contributed by atoms with Gasteiger partial charge in [-0.05, 0) is 43.4 Å². The first kappa shape index (κ1) is 11.5. The van der Waals surface area contributed by atoms with Gasteiger partial charge in [0.05, 0.1) is 11.6 Å². The van der Waals surface area contributed by atoms with Crippen molar-refractivity contribution in [2.45, 2.75) is 37.3 Å². The largest absolute Gasteiger partial charge is 0.377 e. The molecule has 1 aromatic rings. The summed E-state index contributed by atoms with van der Waals surface area (Å²) in [5.41, 5.74) is 4.06. The molecule has 0 radical (unpaired) electrons. The number of aromatic nitrogens is 1. The van der Waals surface area contributed by atoms with Crippen LogP contribution in [-0.2, 0) is 11.2 Å². The summed E-state index contributed by atoms with van der Waals surface area (Å²) < 4.78 is 5.64. The third-order valence-corrected chi connectivity index (χ3v) is 3.63. The minimum absolute atomic E-state index is 0.0714. The van der Waals surface area contributed by atoms with Crippen LogP contribution < -0.4 is 11.3 Å². The van der Waals surface area contributed by atoms with Crippen LogP contribution in [0, 0.1) is 0 Å². The lowest BCUT2D eigenvalue weighted by Crippen LogP contribution is -2.59. The SMILES string of the molecule is COC1(C(Cc2ccncc2)NN)CCC1. The Kier molecular flexibility index (Phi) is 3.53. The van der Waals surface area contributed by atoms with Gasteiger partial charge in [0.15, 0.2) is 0 Å². The van der Waals surface area contributed by atoms with Gasteiger partial charge in [-0.2, -0.15) is 0 Å². The normalized spacial score (nSPS) is 20.1. The number of ether oxygens (including phenoxy) is 1. The number of nitrogens with zero attached hydrogens (tertiary/aromatic N) is 1. The number of hydrazine groups is 1. The van der Waals surface area contributed by atoms with E-state index in [0.29, 0.717) is 0 Å². The Morgan fingerprint density at radius 1 is 1.50 bits per heavy atom. The number of rotatable bonds is 5. The maximum absolute atomic E-state index is 5.65. The van der Waals surface area contributed by atoms with E-state index < -0.39 is 0 Å². The molecular weight excluding hydrogens is 202 g/mol. The van der Waals surface area contributed by atoms with Crippen LogP contribution in [0.3, 0.4) is 0 Å². The van der Waals surface area contributed by atoms with Crippen LogP contribution in [0.2, 0.25) is 0 Å². The highest BCUT2D eigenvalue weighted by atomic mass is 16.5. The van der Waals surface area contributed by atoms with Gasteiger partial charge in [-0.25, -0.2) is 0 Å². The van der Waals surface area contributed by atoms with Gasteiger partial charge < -0.3 is 4.74 Å². The van der Waals surface area contributed by atoms with E-state index in [1.54, 1.807) is 7.11 Å². The molecule has 4 nitrogen and oxygen atoms in total. The van der Waals surface area contributed by atoms with Gasteiger partial charge in [-0.15, -0.1) is 0 Å². The molecular formula is C12H19N3O. The second-order valence-corrected chi connectivity index (χ2v) is 4.40. The quantitative estimate of drug-likeness (QED) is 0.576. The van der Waals surface area contributed by atoms with Gasteiger partial charge in [-0.1, -0.05) is 0 Å². The highest BCUT2D eigenvalue weighted by molar-refractivity contribution is 5.14. The maximum Gasteiger partial charge on any atom is 0.0847 e. The van der Waals surface area contributed by atoms with E-state index in [0.717, 1.165) is 19.3 Å². The maximum atomic E-state index is 5.65. The first-order valence-electron chi connectivity index (χ1n) is 5.71. The Bertz CT molecular complexity index is 319. The molecule has 0 saturated heterocycles. The third-order valence-electron chi connectivity index (χ3n) is 3.63. The first-order chi connectivity index (χ1) is 7.80. The van der Waals surface area contributed by atoms with Crippen molar-refractivity contribution in [3.8, 4) is 0 Å². The molecule has 1 heterocycles. The van der Waals surface area contributed by atoms with E-state index in [4.69, 9.17) is 10.6 Å². The Morgan fingerprint density at radius 3 is 2.62 bits per heavy atom. The molecule has 3 N–H and O–H groups in total. The van der Waals surface area contributed by atoms with Gasteiger partial charge in [0.25, 0.3) is 0 Å². The summed E-state index contributed by atoms with van der Waals surface area (Å²) in [6.45, 7) is 0. The molecule has 0 aliphatic heterocycles. The molecule has 0 bridgehead atoms. The zero-order chi connectivity index (χ0) is 11.4. The molecule has 1 aromatic heterocycles. The smallest absolute Gasteiger partial charge is 0.0847 e. The van der Waals surface area contributed by atoms with Crippen LogP contribution >= 0.6 is 0 Å². The van der Waals surface area contributed by atoms with Crippen molar-refractivity contribution in [2.24, 2.45) is 5.84 Å². The summed E-state index contributed by atoms with van der Waals surface area (Å²) in [5, 5.41) is 0. The lowest BCUT2D eigenvalue weighted by atomic mass is 9.73. The summed E-state index contributed by atoms with van der Waals surface area (Å²) >= 11 is 0. The molecule has 88 valence electrons. The summed E-state index contributed by atoms with van der Waals surface area (Å²) in [4.78, 5) is 4.01. The van der Waals surface area contributed by atoms with Gasteiger partial charge in [0, 0.05) is 19.5 Å². The fourth-order valence-electron chi connectivity index (χ4n) is 2.37. The van der Waals surface area contributed by atoms with E-state index in [1.807, 2.05) is 24.5 Å². The van der Waals surface area contributed by atoms with Crippen molar-refractivity contribution in [1.29, 1.82) is 0 Å². The summed E-state index contributed by atoms with van der Waals surface area (Å²) in [6.07, 6.45) is 7.90. The highest BCUT2D eigenvalue weighted by Crippen LogP contribution is 2.38. The van der Waals surface area contributed by atoms with E-state index >= 15 is 0 Å². The fraction of sp³-hybridized carbons (Fsp3) is 0.583. The number of hydrogen-bond donors (Lipinski definition) is 2. The van der Waals surface area contributed by atoms with Crippen molar-refractivity contribution >= 4 is 0 Å². The Hall–Kier alpha value is -0.970. The van der Waals surface area contributed by atoms with E-state index in [-0.39, 0.29) is 11.6 Å². The Morgan fingerprint density at radius 2 is 2.19 bits per heavy atom. The molecule has 1 unspecified atom stereocenters. The molecule has 1 aliphatic carbocycles. The van der Waals surface area contributed by atoms with Crippen LogP contribution in [0.25, 0.3) is 0 Å². The second kappa shape index (κ2) is 4.91. The van der Waals surface area contributed by atoms with Crippen molar-refractivity contribution in [2.75, 3.05) is 7.11 Å². The van der Waals surface area contributed by atoms with Gasteiger partial charge in [0.1, 0.15) is 0 Å². The minimum Gasteiger partial charge on any atom is -0.377 e. The Balaban J connectivity index is 2.06. The molecule has 16 heavy (non-hydrogen) atoms. The van der Waals surface area contributed by atoms with Crippen LogP contribution in [-0.4, -0.2) is 23.7 Å². The number of nitrogens with two attached hydrogens (primary N) is 1. The topological polar surface area (TPSA) is 60.2 Å². The van der Waals surface area contributed by atoms with Crippen molar-refractivity contribution in [3.05, 3.63) is 30.1 Å². The average molecular weight is 221 g/mol. The highest BCUT2D eigenvalue weighted by Gasteiger charge is 2.43. The standard InChI is InChI=1S/C12H19N3O/c1-16-12(5-2-6-12)11(15-13)9-10-3-7-14-8-4-10/h3-4,7-8,11,15H,2,5-6,9,13H2,1H3. The zero-order valence-electron chi connectivity index (χ0n) is 9.65. The van der Waals surface area contributed by atoms with Crippen LogP contribution in [0.4, 0.5) is 0 Å². The van der Waals surface area contributed by atoms with E-state index in [2.05, 4.69) is 10.4 Å². The number of methoxy groups -OCH3 is 1. The second-order valence-electron chi connectivity index (χ2n) is 4.40. The predicted molar refractivity (Wildman–Crippen MR) is 62.6 cm³/mol. The lowest BCUT2D eigenvalue weighted by molar-refractivity contribution is -0.0982. The van der Waals surface area contributed by atoms with Crippen LogP contribution in [0.15, 0.2) is 24.5 Å². The summed E-state index contributed by atoms with van der Waals surface area (Å²) in [6, 6.07) is 4.22. The van der Waals surface area contributed by atoms with E-state index in [1.165, 1.54) is 12.0 Å². The third kappa shape index (κ3) is 2.09. The number of pyridine rings is 1. The molecule has 0 aromatic carbocycles. The van der Waals surface area contributed by atoms with Crippen molar-refractivity contribution < 1.29 is 4.74 Å². The van der Waals surface area contributed by atoms with Crippen LogP contribution in [0.1, 0.15) is 24.8 Å². The fourth-order valence-corrected chi connectivity index (χ4v) is 2.37. The molecule has 1 atom stereocenters. The number of hydrogen-bond acceptors (Lipinski definition) is 4. The molecule has 1 aliphatic rings. The predicted octanol–water partition coefficient (Wildman–Crippen LogP) is 1.03. The zero-order valence-corrected chi connectivity index (χ0v) is 9.65. The van der Waals surface area contributed by atoms with Crippen LogP contribution in [0.5, 0.6) is 0 Å². The molecule has 4 heteroatoms. The van der Waals surface area contributed by atoms with E-state index in [9.17, 15) is 0 Å². The average Bonchev–Trinajstić information content (AvgIpc) is 2.28. The molecule has 1 saturated carbocycles. The van der Waals surface area contributed by atoms with Gasteiger partial charge in [0.2, 0.25) is 0 Å². The first-order valence-corrected chi connectivity index (χ1v) is 5.71. The molecule has 1 fully saturated rings. The number of nitrogens with one attached hydrogen (secondary N) is 1. The van der Waals surface area contributed by atoms with Crippen molar-refractivity contribution in [3.63, 3.8) is 0 Å². The molecule has 0 spiro atoms. The molecule has 0 amide bonds. The Labute approximate surface area is 96.2 Å². The monoisotopic (exact) mass is 221 g/mol. The van der Waals surface area contributed by atoms with Gasteiger partial charge >= 0.3 is 0 Å².